The molecule has 3 aromatic rings. The number of nitrogens with one attached hydrogen (secondary N) is 1. The van der Waals surface area contributed by atoms with Crippen molar-refractivity contribution >= 4 is 45.0 Å². The molecule has 1 N–H and O–H groups in total. The van der Waals surface area contributed by atoms with Crippen molar-refractivity contribution in [3.05, 3.63) is 55.8 Å². The summed E-state index contributed by atoms with van der Waals surface area (Å²) in [6.45, 7) is 2.42. The number of aromatic amines is 1. The standard InChI is InChI=1S/C17H13BrCl2N4O2/c1-8-4-14-10(15(22-21-14)16-11(18)7-26-23-16)6-24(8)17(25)9-2-3-12(19)13(20)5-9/h2-3,5,7-8H,4,6H2,1H3,(H,21,22)/t8-/m1/s1. The summed E-state index contributed by atoms with van der Waals surface area (Å²) in [7, 11) is 0. The Morgan fingerprint density at radius 2 is 2.19 bits per heavy atom. The predicted molar refractivity (Wildman–Crippen MR) is 101 cm³/mol. The molecule has 4 rings (SSSR count). The van der Waals surface area contributed by atoms with Gasteiger partial charge >= 0.3 is 0 Å². The van der Waals surface area contributed by atoms with E-state index in [0.29, 0.717) is 34.3 Å². The third-order valence-electron chi connectivity index (χ3n) is 4.49. The number of hydrogen-bond donors (Lipinski definition) is 1. The molecule has 0 radical (unpaired) electrons. The third-order valence-corrected chi connectivity index (χ3v) is 5.79. The molecule has 1 aromatic carbocycles. The molecule has 6 nitrogen and oxygen atoms in total. The van der Waals surface area contributed by atoms with Gasteiger partial charge in [-0.05, 0) is 41.1 Å². The lowest BCUT2D eigenvalue weighted by Crippen LogP contribution is -2.42. The summed E-state index contributed by atoms with van der Waals surface area (Å²) in [5.41, 5.74) is 3.75. The van der Waals surface area contributed by atoms with Crippen LogP contribution < -0.4 is 0 Å². The van der Waals surface area contributed by atoms with Gasteiger partial charge in [0.15, 0.2) is 0 Å². The number of carbonyl (C=O) groups excluding carboxylic acids is 1. The van der Waals surface area contributed by atoms with E-state index >= 15 is 0 Å². The highest BCUT2D eigenvalue weighted by molar-refractivity contribution is 9.10. The summed E-state index contributed by atoms with van der Waals surface area (Å²) in [4.78, 5) is 14.8. The third kappa shape index (κ3) is 2.94. The van der Waals surface area contributed by atoms with Crippen molar-refractivity contribution in [2.75, 3.05) is 0 Å². The lowest BCUT2D eigenvalue weighted by Gasteiger charge is -2.33. The maximum Gasteiger partial charge on any atom is 0.254 e. The zero-order chi connectivity index (χ0) is 18.4. The van der Waals surface area contributed by atoms with E-state index in [1.54, 1.807) is 23.1 Å². The smallest absolute Gasteiger partial charge is 0.254 e. The summed E-state index contributed by atoms with van der Waals surface area (Å²) >= 11 is 15.4. The predicted octanol–water partition coefficient (Wildman–Crippen LogP) is 4.72. The van der Waals surface area contributed by atoms with Gasteiger partial charge in [0.25, 0.3) is 5.91 Å². The Balaban J connectivity index is 1.69. The minimum atomic E-state index is -0.104. The number of amides is 1. The lowest BCUT2D eigenvalue weighted by atomic mass is 9.97. The van der Waals surface area contributed by atoms with Crippen molar-refractivity contribution in [3.8, 4) is 11.4 Å². The molecule has 134 valence electrons. The first-order chi connectivity index (χ1) is 12.5. The Labute approximate surface area is 167 Å². The molecule has 0 spiro atoms. The van der Waals surface area contributed by atoms with Crippen LogP contribution >= 0.6 is 39.1 Å². The molecule has 1 amide bonds. The first kappa shape index (κ1) is 17.6. The molecule has 0 saturated heterocycles. The summed E-state index contributed by atoms with van der Waals surface area (Å²) < 4.78 is 5.72. The molecule has 1 atom stereocenters. The molecule has 0 unspecified atom stereocenters. The molecule has 0 fully saturated rings. The van der Waals surface area contributed by atoms with Crippen LogP contribution in [0.15, 0.2) is 33.5 Å². The van der Waals surface area contributed by atoms with Gasteiger partial charge in [-0.2, -0.15) is 5.10 Å². The van der Waals surface area contributed by atoms with Crippen molar-refractivity contribution in [1.82, 2.24) is 20.3 Å². The normalized spacial score (nSPS) is 16.6. The number of benzene rings is 1. The Morgan fingerprint density at radius 3 is 2.88 bits per heavy atom. The van der Waals surface area contributed by atoms with Gasteiger partial charge in [0.05, 0.1) is 32.5 Å². The average molecular weight is 456 g/mol. The first-order valence-electron chi connectivity index (χ1n) is 7.88. The molecule has 0 saturated carbocycles. The summed E-state index contributed by atoms with van der Waals surface area (Å²) in [5.74, 6) is -0.104. The molecule has 2 aromatic heterocycles. The van der Waals surface area contributed by atoms with Gasteiger partial charge in [-0.15, -0.1) is 0 Å². The number of rotatable bonds is 2. The van der Waals surface area contributed by atoms with Gasteiger partial charge in [0, 0.05) is 23.6 Å². The summed E-state index contributed by atoms with van der Waals surface area (Å²) in [5, 5.41) is 12.2. The van der Waals surface area contributed by atoms with Crippen molar-refractivity contribution in [2.24, 2.45) is 0 Å². The van der Waals surface area contributed by atoms with Gasteiger partial charge in [0.1, 0.15) is 12.0 Å². The Kier molecular flexibility index (Phi) is 4.54. The van der Waals surface area contributed by atoms with Crippen molar-refractivity contribution in [2.45, 2.75) is 25.9 Å². The van der Waals surface area contributed by atoms with E-state index in [-0.39, 0.29) is 11.9 Å². The van der Waals surface area contributed by atoms with E-state index < -0.39 is 0 Å². The topological polar surface area (TPSA) is 75.0 Å². The van der Waals surface area contributed by atoms with Gasteiger partial charge < -0.3 is 9.42 Å². The molecular weight excluding hydrogens is 443 g/mol. The van der Waals surface area contributed by atoms with Crippen LogP contribution in [-0.2, 0) is 13.0 Å². The summed E-state index contributed by atoms with van der Waals surface area (Å²) in [6, 6.07) is 4.91. The monoisotopic (exact) mass is 454 g/mol. The van der Waals surface area contributed by atoms with Crippen LogP contribution in [0.25, 0.3) is 11.4 Å². The molecule has 26 heavy (non-hydrogen) atoms. The largest absolute Gasteiger partial charge is 0.363 e. The van der Waals surface area contributed by atoms with E-state index in [4.69, 9.17) is 27.7 Å². The van der Waals surface area contributed by atoms with Crippen molar-refractivity contribution < 1.29 is 9.32 Å². The number of aromatic nitrogens is 3. The van der Waals surface area contributed by atoms with Crippen LogP contribution in [-0.4, -0.2) is 32.2 Å². The average Bonchev–Trinajstić information content (AvgIpc) is 3.21. The maximum absolute atomic E-state index is 13.0. The first-order valence-corrected chi connectivity index (χ1v) is 9.43. The van der Waals surface area contributed by atoms with Gasteiger partial charge in [-0.3, -0.25) is 9.89 Å². The second kappa shape index (κ2) is 6.72. The van der Waals surface area contributed by atoms with E-state index in [1.807, 2.05) is 6.92 Å². The molecule has 9 heteroatoms. The quantitative estimate of drug-likeness (QED) is 0.606. The molecule has 1 aliphatic heterocycles. The minimum absolute atomic E-state index is 0.00125. The highest BCUT2D eigenvalue weighted by atomic mass is 79.9. The SMILES string of the molecule is C[C@@H]1Cc2n[nH]c(-c3nocc3Br)c2CN1C(=O)c1ccc(Cl)c(Cl)c1. The number of halogens is 3. The van der Waals surface area contributed by atoms with Crippen LogP contribution in [0.3, 0.4) is 0 Å². The maximum atomic E-state index is 13.0. The molecule has 0 aliphatic carbocycles. The highest BCUT2D eigenvalue weighted by Crippen LogP contribution is 2.34. The van der Waals surface area contributed by atoms with Gasteiger partial charge in [-0.1, -0.05) is 28.4 Å². The number of hydrogen-bond acceptors (Lipinski definition) is 4. The molecular formula is C17H13BrCl2N4O2. The zero-order valence-corrected chi connectivity index (χ0v) is 16.7. The number of carbonyl (C=O) groups is 1. The van der Waals surface area contributed by atoms with Gasteiger partial charge in [-0.25, -0.2) is 0 Å². The minimum Gasteiger partial charge on any atom is -0.363 e. The van der Waals surface area contributed by atoms with Crippen LogP contribution in [0, 0.1) is 0 Å². The highest BCUT2D eigenvalue weighted by Gasteiger charge is 2.32. The van der Waals surface area contributed by atoms with Crippen LogP contribution in [0.1, 0.15) is 28.5 Å². The van der Waals surface area contributed by atoms with E-state index in [1.165, 1.54) is 6.26 Å². The van der Waals surface area contributed by atoms with E-state index in [0.717, 1.165) is 21.4 Å². The van der Waals surface area contributed by atoms with Crippen molar-refractivity contribution in [1.29, 1.82) is 0 Å². The van der Waals surface area contributed by atoms with E-state index in [2.05, 4.69) is 31.3 Å². The van der Waals surface area contributed by atoms with Gasteiger partial charge in [0.2, 0.25) is 0 Å². The van der Waals surface area contributed by atoms with E-state index in [9.17, 15) is 4.79 Å². The Hall–Kier alpha value is -1.83. The number of fused-ring (bicyclic) bond motifs is 1. The lowest BCUT2D eigenvalue weighted by molar-refractivity contribution is 0.0658. The number of nitrogens with zero attached hydrogens (tertiary/aromatic N) is 3. The molecule has 3 heterocycles. The Morgan fingerprint density at radius 1 is 1.38 bits per heavy atom. The van der Waals surface area contributed by atoms with Crippen LogP contribution in [0.5, 0.6) is 0 Å². The van der Waals surface area contributed by atoms with Crippen LogP contribution in [0.2, 0.25) is 10.0 Å². The second-order valence-corrected chi connectivity index (χ2v) is 7.82. The van der Waals surface area contributed by atoms with Crippen LogP contribution in [0.4, 0.5) is 0 Å². The van der Waals surface area contributed by atoms with Crippen molar-refractivity contribution in [3.63, 3.8) is 0 Å². The molecule has 0 bridgehead atoms. The fourth-order valence-corrected chi connectivity index (χ4v) is 3.76. The second-order valence-electron chi connectivity index (χ2n) is 6.15. The fourth-order valence-electron chi connectivity index (χ4n) is 3.11. The fraction of sp³-hybridized carbons (Fsp3) is 0.235. The number of H-pyrrole nitrogens is 1. The molecule has 1 aliphatic rings. The zero-order valence-electron chi connectivity index (χ0n) is 13.6. The Bertz CT molecular complexity index is 1000. The summed E-state index contributed by atoms with van der Waals surface area (Å²) in [6.07, 6.45) is 2.15.